The third-order valence-corrected chi connectivity index (χ3v) is 9.41. The molecule has 1 amide bonds. The smallest absolute Gasteiger partial charge is 0.327 e. The number of carbonyl (C=O) groups is 4. The summed E-state index contributed by atoms with van der Waals surface area (Å²) in [4.78, 5) is 48.2. The molecule has 0 saturated heterocycles. The standard InChI is InChI=1S/C26H51N10O8PS/c27-7-12-30-10-3-1-5-20(24(38)39)35-45(44,36-21(25(40)41)6-2-4-11-31-13-8-28)19-33-17-23(37)34-22(26(42)43)18-46-16-15-32-14-9-29/h7-9,20-22,27-33H,1-6,10-19H2,(H,34,37)(H,38,39)(H,40,41)(H,42,43)(H2,35,36,44). The maximum atomic E-state index is 14.0. The molecule has 0 fully saturated rings. The van der Waals surface area contributed by atoms with Gasteiger partial charge < -0.3 is 52.8 Å². The fraction of sp³-hybridized carbons (Fsp3) is 0.731. The van der Waals surface area contributed by atoms with Crippen LogP contribution in [-0.2, 0) is 23.7 Å². The monoisotopic (exact) mass is 694 g/mol. The third-order valence-electron chi connectivity index (χ3n) is 6.22. The molecule has 0 aliphatic rings. The Morgan fingerprint density at radius 2 is 1.13 bits per heavy atom. The van der Waals surface area contributed by atoms with Gasteiger partial charge in [0.1, 0.15) is 18.1 Å². The molecule has 18 nitrogen and oxygen atoms in total. The van der Waals surface area contributed by atoms with Crippen LogP contribution >= 0.6 is 19.2 Å². The van der Waals surface area contributed by atoms with Gasteiger partial charge in [0.2, 0.25) is 13.4 Å². The summed E-state index contributed by atoms with van der Waals surface area (Å²) in [7, 11) is -4.00. The van der Waals surface area contributed by atoms with Crippen LogP contribution in [0.4, 0.5) is 0 Å². The fourth-order valence-corrected chi connectivity index (χ4v) is 7.02. The van der Waals surface area contributed by atoms with Crippen LogP contribution in [0, 0.1) is 16.2 Å². The maximum Gasteiger partial charge on any atom is 0.327 e. The highest BCUT2D eigenvalue weighted by Gasteiger charge is 2.33. The van der Waals surface area contributed by atoms with E-state index >= 15 is 0 Å². The molecule has 0 aliphatic heterocycles. The van der Waals surface area contributed by atoms with E-state index in [1.807, 2.05) is 0 Å². The molecular weight excluding hydrogens is 643 g/mol. The Morgan fingerprint density at radius 3 is 1.57 bits per heavy atom. The lowest BCUT2D eigenvalue weighted by molar-refractivity contribution is -0.141. The van der Waals surface area contributed by atoms with Gasteiger partial charge in [0.15, 0.2) is 0 Å². The zero-order chi connectivity index (χ0) is 34.6. The second-order valence-electron chi connectivity index (χ2n) is 10.1. The Labute approximate surface area is 273 Å². The van der Waals surface area contributed by atoms with Gasteiger partial charge in [-0.25, -0.2) is 15.0 Å². The van der Waals surface area contributed by atoms with Crippen LogP contribution in [0.25, 0.3) is 0 Å². The quantitative estimate of drug-likeness (QED) is 0.0227. The molecule has 0 rings (SSSR count). The van der Waals surface area contributed by atoms with Crippen molar-refractivity contribution in [2.45, 2.75) is 56.7 Å². The average Bonchev–Trinajstić information content (AvgIpc) is 3.00. The number of rotatable bonds is 33. The van der Waals surface area contributed by atoms with E-state index in [1.165, 1.54) is 30.4 Å². The van der Waals surface area contributed by atoms with Crippen LogP contribution < -0.4 is 36.8 Å². The first-order valence-electron chi connectivity index (χ1n) is 15.0. The molecule has 0 radical (unpaired) electrons. The van der Waals surface area contributed by atoms with Crippen molar-refractivity contribution in [2.24, 2.45) is 0 Å². The highest BCUT2D eigenvalue weighted by atomic mass is 32.2. The van der Waals surface area contributed by atoms with Crippen molar-refractivity contribution in [1.29, 1.82) is 16.2 Å². The minimum absolute atomic E-state index is 0.0824. The number of thioether (sulfide) groups is 1. The van der Waals surface area contributed by atoms with Gasteiger partial charge in [-0.2, -0.15) is 11.8 Å². The van der Waals surface area contributed by atoms with Crippen molar-refractivity contribution in [3.63, 3.8) is 0 Å². The van der Waals surface area contributed by atoms with E-state index in [9.17, 15) is 39.1 Å². The molecule has 0 bridgehead atoms. The Balaban J connectivity index is 5.41. The van der Waals surface area contributed by atoms with E-state index in [0.29, 0.717) is 70.7 Å². The molecule has 13 N–H and O–H groups in total. The summed E-state index contributed by atoms with van der Waals surface area (Å²) >= 11 is 1.30. The van der Waals surface area contributed by atoms with Crippen molar-refractivity contribution < 1.29 is 39.1 Å². The average molecular weight is 695 g/mol. The third kappa shape index (κ3) is 22.7. The van der Waals surface area contributed by atoms with Gasteiger partial charge in [-0.1, -0.05) is 12.8 Å². The van der Waals surface area contributed by atoms with Gasteiger partial charge in [-0.05, 0) is 38.8 Å². The predicted octanol–water partition coefficient (Wildman–Crippen LogP) is -0.827. The highest BCUT2D eigenvalue weighted by molar-refractivity contribution is 7.99. The maximum absolute atomic E-state index is 14.0. The highest BCUT2D eigenvalue weighted by Crippen LogP contribution is 2.37. The molecular formula is C26H51N10O8PS. The van der Waals surface area contributed by atoms with E-state index in [4.69, 9.17) is 16.2 Å². The summed E-state index contributed by atoms with van der Waals surface area (Å²) in [5.41, 5.74) is 0. The summed E-state index contributed by atoms with van der Waals surface area (Å²) in [5.74, 6) is -3.87. The molecule has 0 spiro atoms. The number of carboxylic acids is 3. The van der Waals surface area contributed by atoms with E-state index < -0.39 is 62.2 Å². The number of hydrogen-bond acceptors (Lipinski definition) is 13. The number of carboxylic acid groups (broad SMARTS) is 3. The molecule has 0 aliphatic carbocycles. The Hall–Kier alpha value is -2.77. The first-order valence-corrected chi connectivity index (χ1v) is 18.0. The second kappa shape index (κ2) is 27.4. The van der Waals surface area contributed by atoms with Crippen molar-refractivity contribution in [2.75, 3.05) is 63.6 Å². The SMILES string of the molecule is N=CCNCCCCC(NP(=O)(CNCC(=O)NC(CSCCNCC=N)C(=O)O)NC(CCCCNCC=N)C(=O)O)C(=O)O. The van der Waals surface area contributed by atoms with Crippen LogP contribution in [0.1, 0.15) is 38.5 Å². The van der Waals surface area contributed by atoms with Gasteiger partial charge >= 0.3 is 17.9 Å². The Kier molecular flexibility index (Phi) is 25.7. The summed E-state index contributed by atoms with van der Waals surface area (Å²) in [6.07, 6.45) is 5.30. The number of aliphatic carboxylic acids is 3. The number of carbonyl (C=O) groups excluding carboxylic acids is 1. The molecule has 0 aromatic heterocycles. The van der Waals surface area contributed by atoms with Crippen molar-refractivity contribution >= 4 is 61.7 Å². The van der Waals surface area contributed by atoms with E-state index in [-0.39, 0.29) is 18.6 Å². The zero-order valence-corrected chi connectivity index (χ0v) is 27.7. The molecule has 0 aromatic carbocycles. The number of hydrogen-bond donors (Lipinski definition) is 13. The largest absolute Gasteiger partial charge is 0.480 e. The van der Waals surface area contributed by atoms with Crippen molar-refractivity contribution in [3.05, 3.63) is 0 Å². The topological polar surface area (TPSA) is 302 Å². The van der Waals surface area contributed by atoms with Crippen LogP contribution in [0.5, 0.6) is 0 Å². The summed E-state index contributed by atoms with van der Waals surface area (Å²) in [5, 5.41) is 69.3. The van der Waals surface area contributed by atoms with Crippen LogP contribution in [0.15, 0.2) is 0 Å². The number of unbranched alkanes of at least 4 members (excludes halogenated alkanes) is 2. The lowest BCUT2D eigenvalue weighted by Crippen LogP contribution is -2.48. The molecule has 0 aromatic rings. The molecule has 264 valence electrons. The van der Waals surface area contributed by atoms with Gasteiger partial charge in [-0.3, -0.25) is 24.3 Å². The summed E-state index contributed by atoms with van der Waals surface area (Å²) < 4.78 is 14.0. The Bertz CT molecular complexity index is 952. The number of amides is 1. The minimum atomic E-state index is -4.00. The van der Waals surface area contributed by atoms with Crippen LogP contribution in [0.3, 0.4) is 0 Å². The van der Waals surface area contributed by atoms with E-state index in [2.05, 4.69) is 36.8 Å². The van der Waals surface area contributed by atoms with Crippen molar-refractivity contribution in [1.82, 2.24) is 36.8 Å². The predicted molar refractivity (Wildman–Crippen MR) is 179 cm³/mol. The first-order chi connectivity index (χ1) is 22.0. The Morgan fingerprint density at radius 1 is 0.674 bits per heavy atom. The van der Waals surface area contributed by atoms with Gasteiger partial charge in [-0.15, -0.1) is 0 Å². The first kappa shape index (κ1) is 43.2. The summed E-state index contributed by atoms with van der Waals surface area (Å²) in [6.45, 7) is 2.33. The summed E-state index contributed by atoms with van der Waals surface area (Å²) in [6, 6.07) is -3.78. The molecule has 46 heavy (non-hydrogen) atoms. The fourth-order valence-electron chi connectivity index (χ4n) is 3.93. The molecule has 3 unspecified atom stereocenters. The van der Waals surface area contributed by atoms with Gasteiger partial charge in [0, 0.05) is 56.3 Å². The molecule has 0 saturated carbocycles. The molecule has 3 atom stereocenters. The lowest BCUT2D eigenvalue weighted by Gasteiger charge is -2.28. The minimum Gasteiger partial charge on any atom is -0.480 e. The van der Waals surface area contributed by atoms with Crippen LogP contribution in [0.2, 0.25) is 0 Å². The molecule has 0 heterocycles. The normalized spacial score (nSPS) is 14.3. The molecule has 20 heteroatoms. The van der Waals surface area contributed by atoms with E-state index in [0.717, 1.165) is 0 Å². The number of nitrogens with one attached hydrogen (secondary N) is 10. The van der Waals surface area contributed by atoms with Crippen molar-refractivity contribution in [3.8, 4) is 0 Å². The van der Waals surface area contributed by atoms with E-state index in [1.54, 1.807) is 0 Å². The lowest BCUT2D eigenvalue weighted by atomic mass is 10.1. The van der Waals surface area contributed by atoms with Crippen LogP contribution in [-0.4, -0.2) is 140 Å². The zero-order valence-electron chi connectivity index (χ0n) is 26.0. The van der Waals surface area contributed by atoms with Gasteiger partial charge in [0.25, 0.3) is 0 Å². The van der Waals surface area contributed by atoms with Gasteiger partial charge in [0.05, 0.1) is 12.8 Å². The second-order valence-corrected chi connectivity index (χ2v) is 13.6.